The second-order valence-electron chi connectivity index (χ2n) is 3.13. The third-order valence-corrected chi connectivity index (χ3v) is 1.13. The summed E-state index contributed by atoms with van der Waals surface area (Å²) in [6.45, 7) is 6.30. The second kappa shape index (κ2) is 1.87. The summed E-state index contributed by atoms with van der Waals surface area (Å²) in [4.78, 5) is 4.08. The van der Waals surface area contributed by atoms with Crippen molar-refractivity contribution >= 4 is 5.84 Å². The zero-order chi connectivity index (χ0) is 6.91. The second-order valence-corrected chi connectivity index (χ2v) is 3.13. The van der Waals surface area contributed by atoms with E-state index in [2.05, 4.69) is 31.1 Å². The van der Waals surface area contributed by atoms with Gasteiger partial charge in [0.2, 0.25) is 0 Å². The van der Waals surface area contributed by atoms with Gasteiger partial charge in [0.15, 0.2) is 0 Å². The highest BCUT2D eigenvalue weighted by molar-refractivity contribution is 5.89. The normalized spacial score (nSPS) is 17.4. The van der Waals surface area contributed by atoms with E-state index in [0.717, 1.165) is 5.84 Å². The highest BCUT2D eigenvalue weighted by atomic mass is 15.0. The molecule has 0 saturated carbocycles. The number of amidine groups is 1. The third kappa shape index (κ3) is 1.31. The number of aliphatic imine (C=N–C) groups is 1. The van der Waals surface area contributed by atoms with Crippen LogP contribution in [0, 0.1) is 5.41 Å². The van der Waals surface area contributed by atoms with Crippen molar-refractivity contribution in [3.63, 3.8) is 0 Å². The monoisotopic (exact) mass is 123 g/mol. The molecule has 9 heavy (non-hydrogen) atoms. The lowest BCUT2D eigenvalue weighted by Crippen LogP contribution is -2.24. The van der Waals surface area contributed by atoms with Crippen LogP contribution in [-0.4, -0.2) is 5.84 Å². The predicted molar refractivity (Wildman–Crippen MR) is 38.2 cm³/mol. The molecule has 2 heteroatoms. The summed E-state index contributed by atoms with van der Waals surface area (Å²) < 4.78 is 0. The number of hydrogen-bond acceptors (Lipinski definition) is 1. The molecule has 2 nitrogen and oxygen atoms in total. The lowest BCUT2D eigenvalue weighted by molar-refractivity contribution is 0.577. The van der Waals surface area contributed by atoms with Crippen LogP contribution in [0.1, 0.15) is 20.8 Å². The van der Waals surface area contributed by atoms with Crippen LogP contribution >= 0.6 is 0 Å². The van der Waals surface area contributed by atoms with Crippen molar-refractivity contribution in [2.75, 3.05) is 0 Å². The summed E-state index contributed by atoms with van der Waals surface area (Å²) in [7, 11) is 0. The Morgan fingerprint density at radius 2 is 1.89 bits per heavy atom. The van der Waals surface area contributed by atoms with E-state index in [4.69, 9.17) is 0 Å². The van der Waals surface area contributed by atoms with E-state index in [-0.39, 0.29) is 5.41 Å². The largest absolute Gasteiger partial charge is 0.239 e. The van der Waals surface area contributed by atoms with Crippen LogP contribution in [0.2, 0.25) is 0 Å². The van der Waals surface area contributed by atoms with Gasteiger partial charge in [-0.1, -0.05) is 20.8 Å². The molecule has 0 aliphatic carbocycles. The van der Waals surface area contributed by atoms with Gasteiger partial charge in [-0.05, 0) is 0 Å². The molecule has 49 valence electrons. The Morgan fingerprint density at radius 3 is 2.11 bits per heavy atom. The van der Waals surface area contributed by atoms with Crippen molar-refractivity contribution in [3.8, 4) is 0 Å². The zero-order valence-corrected chi connectivity index (χ0v) is 6.05. The van der Waals surface area contributed by atoms with Gasteiger partial charge >= 0.3 is 0 Å². The SMILES string of the molecule is CC(C)(C)C1=NC=C[N]1. The molecule has 0 aromatic carbocycles. The van der Waals surface area contributed by atoms with Gasteiger partial charge in [0.1, 0.15) is 5.84 Å². The Kier molecular flexibility index (Phi) is 1.31. The van der Waals surface area contributed by atoms with Crippen LogP contribution in [0.4, 0.5) is 0 Å². The minimum Gasteiger partial charge on any atom is -0.239 e. The standard InChI is InChI=1S/C7H11N2/c1-7(2,3)6-8-4-5-9-6/h4-5H,1-3H3. The van der Waals surface area contributed by atoms with Crippen molar-refractivity contribution < 1.29 is 0 Å². The first kappa shape index (κ1) is 6.33. The van der Waals surface area contributed by atoms with Gasteiger partial charge in [0, 0.05) is 17.8 Å². The van der Waals surface area contributed by atoms with E-state index in [1.54, 1.807) is 12.4 Å². The highest BCUT2D eigenvalue weighted by Crippen LogP contribution is 2.16. The molecule has 0 atom stereocenters. The van der Waals surface area contributed by atoms with Crippen molar-refractivity contribution in [1.29, 1.82) is 0 Å². The van der Waals surface area contributed by atoms with Gasteiger partial charge in [-0.2, -0.15) is 0 Å². The van der Waals surface area contributed by atoms with Gasteiger partial charge < -0.3 is 0 Å². The lowest BCUT2D eigenvalue weighted by Gasteiger charge is -2.16. The van der Waals surface area contributed by atoms with Gasteiger partial charge in [-0.3, -0.25) is 0 Å². The van der Waals surface area contributed by atoms with Gasteiger partial charge in [0.05, 0.1) is 0 Å². The molecule has 0 unspecified atom stereocenters. The molecule has 0 bridgehead atoms. The fourth-order valence-electron chi connectivity index (χ4n) is 0.629. The molecule has 0 N–H and O–H groups in total. The molecule has 0 aromatic heterocycles. The van der Waals surface area contributed by atoms with Crippen LogP contribution in [0.5, 0.6) is 0 Å². The van der Waals surface area contributed by atoms with Crippen LogP contribution in [0.3, 0.4) is 0 Å². The van der Waals surface area contributed by atoms with Crippen molar-refractivity contribution in [3.05, 3.63) is 12.4 Å². The summed E-state index contributed by atoms with van der Waals surface area (Å²) in [6, 6.07) is 0. The van der Waals surface area contributed by atoms with Gasteiger partial charge in [-0.15, -0.1) is 0 Å². The minimum atomic E-state index is 0.101. The maximum atomic E-state index is 4.08. The third-order valence-electron chi connectivity index (χ3n) is 1.13. The van der Waals surface area contributed by atoms with Crippen molar-refractivity contribution in [1.82, 2.24) is 5.32 Å². The molecule has 0 amide bonds. The van der Waals surface area contributed by atoms with Gasteiger partial charge in [-0.25, -0.2) is 10.3 Å². The molecule has 1 heterocycles. The van der Waals surface area contributed by atoms with Crippen molar-refractivity contribution in [2.45, 2.75) is 20.8 Å². The average Bonchev–Trinajstić information content (AvgIpc) is 2.08. The quantitative estimate of drug-likeness (QED) is 0.467. The van der Waals surface area contributed by atoms with Gasteiger partial charge in [0.25, 0.3) is 0 Å². The maximum Gasteiger partial charge on any atom is 0.133 e. The summed E-state index contributed by atoms with van der Waals surface area (Å²) in [5.41, 5.74) is 0.101. The zero-order valence-electron chi connectivity index (χ0n) is 6.05. The van der Waals surface area contributed by atoms with Crippen LogP contribution < -0.4 is 5.32 Å². The molecule has 0 spiro atoms. The Balaban J connectivity index is 2.66. The van der Waals surface area contributed by atoms with Crippen molar-refractivity contribution in [2.24, 2.45) is 10.4 Å². The van der Waals surface area contributed by atoms with E-state index >= 15 is 0 Å². The summed E-state index contributed by atoms with van der Waals surface area (Å²) in [5.74, 6) is 0.919. The predicted octanol–water partition coefficient (Wildman–Crippen LogP) is 1.52. The average molecular weight is 123 g/mol. The molecule has 1 rings (SSSR count). The van der Waals surface area contributed by atoms with E-state index in [1.807, 2.05) is 0 Å². The first-order chi connectivity index (χ1) is 4.11. The van der Waals surface area contributed by atoms with Crippen LogP contribution in [0.15, 0.2) is 17.4 Å². The fraction of sp³-hybridized carbons (Fsp3) is 0.571. The maximum absolute atomic E-state index is 4.08. The van der Waals surface area contributed by atoms with E-state index in [0.29, 0.717) is 0 Å². The van der Waals surface area contributed by atoms with E-state index in [1.165, 1.54) is 0 Å². The molecule has 0 fully saturated rings. The molecule has 0 saturated heterocycles. The molecule has 1 aliphatic heterocycles. The lowest BCUT2D eigenvalue weighted by atomic mass is 9.95. The molecular weight excluding hydrogens is 112 g/mol. The first-order valence-corrected chi connectivity index (χ1v) is 3.05. The number of hydrogen-bond donors (Lipinski definition) is 0. The summed E-state index contributed by atoms with van der Waals surface area (Å²) in [5, 5.41) is 4.08. The Morgan fingerprint density at radius 1 is 1.22 bits per heavy atom. The molecule has 0 aromatic rings. The van der Waals surface area contributed by atoms with E-state index < -0.39 is 0 Å². The topological polar surface area (TPSA) is 26.5 Å². The van der Waals surface area contributed by atoms with Crippen LogP contribution in [-0.2, 0) is 0 Å². The Hall–Kier alpha value is -0.790. The minimum absolute atomic E-state index is 0.101. The van der Waals surface area contributed by atoms with Crippen LogP contribution in [0.25, 0.3) is 0 Å². The molecular formula is C7H11N2. The van der Waals surface area contributed by atoms with E-state index in [9.17, 15) is 0 Å². The highest BCUT2D eigenvalue weighted by Gasteiger charge is 2.20. The number of nitrogens with zero attached hydrogens (tertiary/aromatic N) is 2. The Bertz CT molecular complexity index is 160. The molecule has 1 aliphatic rings. The first-order valence-electron chi connectivity index (χ1n) is 3.05. The fourth-order valence-corrected chi connectivity index (χ4v) is 0.629. The smallest absolute Gasteiger partial charge is 0.133 e. The summed E-state index contributed by atoms with van der Waals surface area (Å²) in [6.07, 6.45) is 3.45. The molecule has 1 radical (unpaired) electrons. The Labute approximate surface area is 55.7 Å². The summed E-state index contributed by atoms with van der Waals surface area (Å²) >= 11 is 0. The number of rotatable bonds is 0.